The molecule has 0 heterocycles. The minimum Gasteiger partial charge on any atom is -0.469 e. The third kappa shape index (κ3) is 15.0. The molecule has 0 aliphatic carbocycles. The van der Waals surface area contributed by atoms with Gasteiger partial charge in [0.2, 0.25) is 0 Å². The summed E-state index contributed by atoms with van der Waals surface area (Å²) in [5.74, 6) is -0.397. The zero-order valence-corrected chi connectivity index (χ0v) is 14.2. The van der Waals surface area contributed by atoms with Crippen LogP contribution in [0.2, 0.25) is 0 Å². The average molecular weight is 308 g/mol. The van der Waals surface area contributed by atoms with E-state index in [0.29, 0.717) is 0 Å². The van der Waals surface area contributed by atoms with Crippen molar-refractivity contribution in [1.29, 1.82) is 0 Å². The molecule has 0 radical (unpaired) electrons. The number of carbonyl (C=O) groups excluding carboxylic acids is 1. The van der Waals surface area contributed by atoms with E-state index in [1.807, 2.05) is 6.08 Å². The van der Waals surface area contributed by atoms with Crippen LogP contribution in [0.3, 0.4) is 0 Å². The van der Waals surface area contributed by atoms with Crippen molar-refractivity contribution in [3.8, 4) is 0 Å². The van der Waals surface area contributed by atoms with Crippen LogP contribution in [0.15, 0.2) is 36.5 Å². The first-order valence-electron chi connectivity index (χ1n) is 8.44. The predicted molar refractivity (Wildman–Crippen MR) is 92.7 cm³/mol. The van der Waals surface area contributed by atoms with Crippen molar-refractivity contribution in [2.24, 2.45) is 0 Å². The Hall–Kier alpha value is -1.35. The Bertz CT molecular complexity index is 343. The summed E-state index contributed by atoms with van der Waals surface area (Å²) in [6.07, 6.45) is 21.0. The summed E-state index contributed by atoms with van der Waals surface area (Å²) < 4.78 is 4.49. The van der Waals surface area contributed by atoms with Crippen LogP contribution in [0.25, 0.3) is 0 Å². The number of aliphatic hydroxyl groups excluding tert-OH is 1. The van der Waals surface area contributed by atoms with Gasteiger partial charge in [0, 0.05) is 0 Å². The molecule has 3 nitrogen and oxygen atoms in total. The van der Waals surface area contributed by atoms with Crippen LogP contribution in [0.1, 0.15) is 64.7 Å². The van der Waals surface area contributed by atoms with Crippen LogP contribution in [0.4, 0.5) is 0 Å². The third-order valence-electron chi connectivity index (χ3n) is 3.33. The average Bonchev–Trinajstić information content (AvgIpc) is 2.51. The van der Waals surface area contributed by atoms with Gasteiger partial charge in [0.05, 0.1) is 19.6 Å². The molecule has 0 amide bonds. The van der Waals surface area contributed by atoms with Gasteiger partial charge < -0.3 is 9.84 Å². The highest BCUT2D eigenvalue weighted by molar-refractivity contribution is 5.70. The number of unbranched alkanes of at least 4 members (excludes halogenated alkanes) is 6. The van der Waals surface area contributed by atoms with Gasteiger partial charge in [-0.1, -0.05) is 62.6 Å². The maximum absolute atomic E-state index is 10.9. The van der Waals surface area contributed by atoms with Gasteiger partial charge in [0.25, 0.3) is 0 Å². The second-order valence-corrected chi connectivity index (χ2v) is 5.39. The Morgan fingerprint density at radius 1 is 1.00 bits per heavy atom. The lowest BCUT2D eigenvalue weighted by Crippen LogP contribution is -2.11. The van der Waals surface area contributed by atoms with Crippen molar-refractivity contribution in [2.45, 2.75) is 70.8 Å². The molecule has 0 aliphatic rings. The molecule has 1 atom stereocenters. The van der Waals surface area contributed by atoms with Crippen LogP contribution in [0.5, 0.6) is 0 Å². The minimum absolute atomic E-state index is 0.00822. The van der Waals surface area contributed by atoms with E-state index in [1.54, 1.807) is 12.2 Å². The molecular weight excluding hydrogens is 276 g/mol. The van der Waals surface area contributed by atoms with Crippen molar-refractivity contribution in [3.63, 3.8) is 0 Å². The van der Waals surface area contributed by atoms with Crippen molar-refractivity contribution in [1.82, 2.24) is 0 Å². The SMILES string of the molecule is CC/C=C/CCCCCCC/C=C\C=C\[C@H](O)CC(=O)OC. The molecule has 0 saturated carbocycles. The first-order chi connectivity index (χ1) is 10.7. The Kier molecular flexibility index (Phi) is 15.0. The molecule has 0 rings (SSSR count). The highest BCUT2D eigenvalue weighted by Gasteiger charge is 2.06. The fourth-order valence-electron chi connectivity index (χ4n) is 2.03. The summed E-state index contributed by atoms with van der Waals surface area (Å²) in [7, 11) is 1.32. The molecule has 0 aliphatic heterocycles. The van der Waals surface area contributed by atoms with Crippen molar-refractivity contribution in [3.05, 3.63) is 36.5 Å². The molecule has 3 heteroatoms. The molecule has 0 unspecified atom stereocenters. The maximum atomic E-state index is 10.9. The van der Waals surface area contributed by atoms with Gasteiger partial charge in [0.15, 0.2) is 0 Å². The number of hydrogen-bond acceptors (Lipinski definition) is 3. The monoisotopic (exact) mass is 308 g/mol. The number of methoxy groups -OCH3 is 1. The van der Waals surface area contributed by atoms with Crippen molar-refractivity contribution >= 4 is 5.97 Å². The standard InChI is InChI=1S/C19H32O3/c1-3-4-5-6-7-8-9-10-11-12-13-14-15-16-18(20)17-19(21)22-2/h4-5,13-16,18,20H,3,6-12,17H2,1-2H3/b5-4+,14-13-,16-15+/t18-/m0/s1. The maximum Gasteiger partial charge on any atom is 0.308 e. The summed E-state index contributed by atoms with van der Waals surface area (Å²) in [6, 6.07) is 0. The van der Waals surface area contributed by atoms with E-state index in [0.717, 1.165) is 12.8 Å². The van der Waals surface area contributed by atoms with Gasteiger partial charge in [-0.3, -0.25) is 4.79 Å². The normalized spacial score (nSPS) is 13.4. The van der Waals surface area contributed by atoms with Crippen LogP contribution in [-0.2, 0) is 9.53 Å². The molecule has 1 N–H and O–H groups in total. The Balaban J connectivity index is 3.43. The molecule has 0 spiro atoms. The minimum atomic E-state index is -0.765. The first-order valence-corrected chi connectivity index (χ1v) is 8.44. The second-order valence-electron chi connectivity index (χ2n) is 5.39. The predicted octanol–water partition coefficient (Wildman–Crippen LogP) is 4.72. The van der Waals surface area contributed by atoms with E-state index in [9.17, 15) is 9.90 Å². The smallest absolute Gasteiger partial charge is 0.308 e. The lowest BCUT2D eigenvalue weighted by Gasteiger charge is -2.01. The molecule has 126 valence electrons. The lowest BCUT2D eigenvalue weighted by molar-refractivity contribution is -0.142. The number of rotatable bonds is 13. The number of hydrogen-bond donors (Lipinski definition) is 1. The van der Waals surface area contributed by atoms with Crippen LogP contribution >= 0.6 is 0 Å². The lowest BCUT2D eigenvalue weighted by atomic mass is 10.1. The number of esters is 1. The molecular formula is C19H32O3. The fourth-order valence-corrected chi connectivity index (χ4v) is 2.03. The van der Waals surface area contributed by atoms with E-state index < -0.39 is 12.1 Å². The molecule has 22 heavy (non-hydrogen) atoms. The van der Waals surface area contributed by atoms with Gasteiger partial charge in [-0.25, -0.2) is 0 Å². The summed E-state index contributed by atoms with van der Waals surface area (Å²) in [6.45, 7) is 2.17. The van der Waals surface area contributed by atoms with E-state index >= 15 is 0 Å². The van der Waals surface area contributed by atoms with E-state index in [-0.39, 0.29) is 6.42 Å². The Labute approximate surface area is 135 Å². The van der Waals surface area contributed by atoms with Crippen molar-refractivity contribution in [2.75, 3.05) is 7.11 Å². The van der Waals surface area contributed by atoms with Crippen LogP contribution in [-0.4, -0.2) is 24.3 Å². The van der Waals surface area contributed by atoms with Gasteiger partial charge in [-0.05, 0) is 32.1 Å². The summed E-state index contributed by atoms with van der Waals surface area (Å²) in [4.78, 5) is 10.9. The number of allylic oxidation sites excluding steroid dienone is 5. The van der Waals surface area contributed by atoms with E-state index in [1.165, 1.54) is 45.6 Å². The highest BCUT2D eigenvalue weighted by Crippen LogP contribution is 2.08. The zero-order chi connectivity index (χ0) is 16.5. The Morgan fingerprint density at radius 2 is 1.64 bits per heavy atom. The summed E-state index contributed by atoms with van der Waals surface area (Å²) in [5, 5.41) is 9.50. The Morgan fingerprint density at radius 3 is 2.27 bits per heavy atom. The second kappa shape index (κ2) is 16.0. The summed E-state index contributed by atoms with van der Waals surface area (Å²) >= 11 is 0. The summed E-state index contributed by atoms with van der Waals surface area (Å²) in [5.41, 5.74) is 0. The number of aliphatic hydroxyl groups is 1. The topological polar surface area (TPSA) is 46.5 Å². The van der Waals surface area contributed by atoms with Crippen LogP contribution < -0.4 is 0 Å². The van der Waals surface area contributed by atoms with Gasteiger partial charge in [-0.15, -0.1) is 0 Å². The van der Waals surface area contributed by atoms with E-state index in [4.69, 9.17) is 0 Å². The van der Waals surface area contributed by atoms with Gasteiger partial charge in [0.1, 0.15) is 0 Å². The molecule has 0 aromatic carbocycles. The van der Waals surface area contributed by atoms with Gasteiger partial charge in [-0.2, -0.15) is 0 Å². The molecule has 0 aromatic rings. The largest absolute Gasteiger partial charge is 0.469 e. The molecule has 0 bridgehead atoms. The zero-order valence-electron chi connectivity index (χ0n) is 14.2. The quantitative estimate of drug-likeness (QED) is 0.232. The van der Waals surface area contributed by atoms with Crippen molar-refractivity contribution < 1.29 is 14.6 Å². The van der Waals surface area contributed by atoms with Gasteiger partial charge >= 0.3 is 5.97 Å². The molecule has 0 saturated heterocycles. The number of ether oxygens (including phenoxy) is 1. The molecule has 0 fully saturated rings. The van der Waals surface area contributed by atoms with Crippen LogP contribution in [0, 0.1) is 0 Å². The fraction of sp³-hybridized carbons (Fsp3) is 0.632. The highest BCUT2D eigenvalue weighted by atomic mass is 16.5. The van der Waals surface area contributed by atoms with E-state index in [2.05, 4.69) is 29.9 Å². The first kappa shape index (κ1) is 20.6. The third-order valence-corrected chi connectivity index (χ3v) is 3.33. The number of carbonyl (C=O) groups is 1. The molecule has 0 aromatic heterocycles.